The number of fused-ring (bicyclic) bond motifs is 7. The summed E-state index contributed by atoms with van der Waals surface area (Å²) in [5.74, 6) is 0. The van der Waals surface area contributed by atoms with Gasteiger partial charge in [0.25, 0.3) is 0 Å². The molecule has 1 aromatic heterocycles. The molecule has 8 rings (SSSR count). The van der Waals surface area contributed by atoms with Crippen molar-refractivity contribution in [3.05, 3.63) is 174 Å². The molecule has 2 nitrogen and oxygen atoms in total. The van der Waals surface area contributed by atoms with Gasteiger partial charge in [0.15, 0.2) is 0 Å². The molecule has 0 aliphatic rings. The standard InChI is InChI=1S/C46H38N2/c1-6-14-38-32(4)37-18-11-12-19-39(37)41-27-28-42-40-26-21-30(2)29-44(40)48(46(42)45(38)41)36-24-22-34(23-25-36)33(5)47(35-16-8-7-9-17-35)43-20-13-10-15-31(43)3/h6-29H,5H2,1-4H3/b14-6-. The average Bonchev–Trinajstić information content (AvgIpc) is 3.44. The average molecular weight is 619 g/mol. The predicted molar refractivity (Wildman–Crippen MR) is 209 cm³/mol. The number of nitrogens with zero attached hydrogens (tertiary/aromatic N) is 2. The van der Waals surface area contributed by atoms with Gasteiger partial charge in [-0.3, -0.25) is 0 Å². The predicted octanol–water partition coefficient (Wildman–Crippen LogP) is 12.9. The zero-order valence-corrected chi connectivity index (χ0v) is 28.0. The van der Waals surface area contributed by atoms with Gasteiger partial charge in [0.05, 0.1) is 11.0 Å². The van der Waals surface area contributed by atoms with Gasteiger partial charge in [0.2, 0.25) is 0 Å². The molecule has 0 saturated carbocycles. The summed E-state index contributed by atoms with van der Waals surface area (Å²) < 4.78 is 2.48. The highest BCUT2D eigenvalue weighted by Gasteiger charge is 2.21. The molecule has 0 radical (unpaired) electrons. The SMILES string of the molecule is C=C(c1ccc(-n2c3cc(C)ccc3c3ccc4c5ccccc5c(C)c(/C=C\C)c4c32)cc1)N(c1ccccc1)c1ccccc1C. The van der Waals surface area contributed by atoms with Crippen molar-refractivity contribution in [1.29, 1.82) is 0 Å². The highest BCUT2D eigenvalue weighted by Crippen LogP contribution is 2.43. The maximum absolute atomic E-state index is 4.65. The Balaban J connectivity index is 1.38. The van der Waals surface area contributed by atoms with Crippen LogP contribution in [0.2, 0.25) is 0 Å². The van der Waals surface area contributed by atoms with Gasteiger partial charge in [0.1, 0.15) is 0 Å². The minimum atomic E-state index is 0.933. The van der Waals surface area contributed by atoms with E-state index in [0.29, 0.717) is 0 Å². The third-order valence-corrected chi connectivity index (χ3v) is 9.81. The van der Waals surface area contributed by atoms with Crippen LogP contribution in [0.5, 0.6) is 0 Å². The van der Waals surface area contributed by atoms with Gasteiger partial charge in [-0.2, -0.15) is 0 Å². The molecule has 2 heteroatoms. The Morgan fingerprint density at radius 2 is 1.31 bits per heavy atom. The van der Waals surface area contributed by atoms with Crippen molar-refractivity contribution < 1.29 is 0 Å². The summed E-state index contributed by atoms with van der Waals surface area (Å²) in [5.41, 5.74) is 12.8. The van der Waals surface area contributed by atoms with E-state index in [1.165, 1.54) is 65.6 Å². The van der Waals surface area contributed by atoms with E-state index in [2.05, 4.69) is 189 Å². The van der Waals surface area contributed by atoms with Crippen molar-refractivity contribution in [2.75, 3.05) is 4.90 Å². The lowest BCUT2D eigenvalue weighted by Gasteiger charge is -2.29. The molecule has 0 amide bonds. The van der Waals surface area contributed by atoms with Crippen molar-refractivity contribution in [3.63, 3.8) is 0 Å². The molecule has 232 valence electrons. The van der Waals surface area contributed by atoms with Crippen LogP contribution in [0.1, 0.15) is 34.7 Å². The minimum Gasteiger partial charge on any atom is -0.310 e. The van der Waals surface area contributed by atoms with E-state index < -0.39 is 0 Å². The quantitative estimate of drug-likeness (QED) is 0.168. The highest BCUT2D eigenvalue weighted by molar-refractivity contribution is 6.25. The summed E-state index contributed by atoms with van der Waals surface area (Å²) in [7, 11) is 0. The Kier molecular flexibility index (Phi) is 7.22. The number of rotatable bonds is 6. The summed E-state index contributed by atoms with van der Waals surface area (Å²) in [6.07, 6.45) is 4.45. The Hall–Kier alpha value is -5.86. The molecule has 7 aromatic carbocycles. The molecule has 0 unspecified atom stereocenters. The van der Waals surface area contributed by atoms with E-state index in [1.807, 2.05) is 0 Å². The number of hydrogen-bond donors (Lipinski definition) is 0. The second-order valence-corrected chi connectivity index (χ2v) is 12.8. The van der Waals surface area contributed by atoms with Crippen LogP contribution in [0.25, 0.3) is 60.8 Å². The van der Waals surface area contributed by atoms with Crippen LogP contribution >= 0.6 is 0 Å². The number of hydrogen-bond acceptors (Lipinski definition) is 1. The number of aryl methyl sites for hydroxylation is 3. The van der Waals surface area contributed by atoms with Crippen LogP contribution < -0.4 is 4.90 Å². The highest BCUT2D eigenvalue weighted by atomic mass is 15.1. The van der Waals surface area contributed by atoms with Crippen LogP contribution in [-0.4, -0.2) is 4.57 Å². The monoisotopic (exact) mass is 618 g/mol. The van der Waals surface area contributed by atoms with Gasteiger partial charge in [-0.25, -0.2) is 0 Å². The molecule has 0 N–H and O–H groups in total. The Morgan fingerprint density at radius 3 is 2.06 bits per heavy atom. The molecular weight excluding hydrogens is 581 g/mol. The van der Waals surface area contributed by atoms with Crippen LogP contribution in [0, 0.1) is 20.8 Å². The molecule has 48 heavy (non-hydrogen) atoms. The number of para-hydroxylation sites is 2. The molecule has 0 aliphatic carbocycles. The molecule has 0 atom stereocenters. The summed E-state index contributed by atoms with van der Waals surface area (Å²) >= 11 is 0. The fourth-order valence-corrected chi connectivity index (χ4v) is 7.50. The van der Waals surface area contributed by atoms with E-state index >= 15 is 0 Å². The zero-order chi connectivity index (χ0) is 32.9. The van der Waals surface area contributed by atoms with E-state index in [4.69, 9.17) is 0 Å². The summed E-state index contributed by atoms with van der Waals surface area (Å²) in [5, 5.41) is 7.69. The fraction of sp³-hybridized carbons (Fsp3) is 0.0870. The zero-order valence-electron chi connectivity index (χ0n) is 28.0. The third kappa shape index (κ3) is 4.64. The lowest BCUT2D eigenvalue weighted by Crippen LogP contribution is -2.15. The van der Waals surface area contributed by atoms with Crippen molar-refractivity contribution in [2.24, 2.45) is 0 Å². The number of anilines is 2. The van der Waals surface area contributed by atoms with E-state index in [9.17, 15) is 0 Å². The molecule has 0 fully saturated rings. The Labute approximate surface area is 282 Å². The van der Waals surface area contributed by atoms with Gasteiger partial charge in [0, 0.05) is 38.9 Å². The lowest BCUT2D eigenvalue weighted by atomic mass is 9.90. The first kappa shape index (κ1) is 29.5. The van der Waals surface area contributed by atoms with Crippen LogP contribution in [0.4, 0.5) is 11.4 Å². The van der Waals surface area contributed by atoms with Crippen molar-refractivity contribution >= 4 is 66.5 Å². The van der Waals surface area contributed by atoms with Crippen LogP contribution in [-0.2, 0) is 0 Å². The minimum absolute atomic E-state index is 0.933. The Morgan fingerprint density at radius 1 is 0.646 bits per heavy atom. The topological polar surface area (TPSA) is 8.17 Å². The van der Waals surface area contributed by atoms with E-state index in [0.717, 1.165) is 28.3 Å². The number of allylic oxidation sites excluding steroid dienone is 1. The molecule has 0 saturated heterocycles. The van der Waals surface area contributed by atoms with Gasteiger partial charge in [-0.05, 0) is 108 Å². The first-order chi connectivity index (χ1) is 23.5. The molecular formula is C46H38N2. The molecule has 1 heterocycles. The first-order valence-corrected chi connectivity index (χ1v) is 16.7. The summed E-state index contributed by atoms with van der Waals surface area (Å²) in [6, 6.07) is 48.3. The Bertz CT molecular complexity index is 2550. The van der Waals surface area contributed by atoms with Crippen molar-refractivity contribution in [2.45, 2.75) is 27.7 Å². The number of aromatic nitrogens is 1. The molecule has 8 aromatic rings. The fourth-order valence-electron chi connectivity index (χ4n) is 7.50. The second-order valence-electron chi connectivity index (χ2n) is 12.8. The van der Waals surface area contributed by atoms with Crippen molar-refractivity contribution in [3.8, 4) is 5.69 Å². The van der Waals surface area contributed by atoms with E-state index in [-0.39, 0.29) is 0 Å². The van der Waals surface area contributed by atoms with Crippen molar-refractivity contribution in [1.82, 2.24) is 4.57 Å². The van der Waals surface area contributed by atoms with Crippen LogP contribution in [0.3, 0.4) is 0 Å². The maximum Gasteiger partial charge on any atom is 0.0625 e. The van der Waals surface area contributed by atoms with Gasteiger partial charge in [-0.1, -0.05) is 116 Å². The van der Waals surface area contributed by atoms with Gasteiger partial charge < -0.3 is 9.47 Å². The molecule has 0 spiro atoms. The lowest BCUT2D eigenvalue weighted by molar-refractivity contribution is 1.18. The summed E-state index contributed by atoms with van der Waals surface area (Å²) in [6.45, 7) is 13.4. The summed E-state index contributed by atoms with van der Waals surface area (Å²) in [4.78, 5) is 2.26. The second kappa shape index (κ2) is 11.7. The maximum atomic E-state index is 4.65. The van der Waals surface area contributed by atoms with Gasteiger partial charge >= 0.3 is 0 Å². The van der Waals surface area contributed by atoms with Crippen LogP contribution in [0.15, 0.2) is 146 Å². The first-order valence-electron chi connectivity index (χ1n) is 16.7. The molecule has 0 aliphatic heterocycles. The smallest absolute Gasteiger partial charge is 0.0625 e. The van der Waals surface area contributed by atoms with Gasteiger partial charge in [-0.15, -0.1) is 0 Å². The largest absolute Gasteiger partial charge is 0.310 e. The van der Waals surface area contributed by atoms with E-state index in [1.54, 1.807) is 0 Å². The third-order valence-electron chi connectivity index (χ3n) is 9.81. The number of benzene rings is 7. The molecule has 0 bridgehead atoms. The normalized spacial score (nSPS) is 11.8.